The number of hydrogen-bond donors (Lipinski definition) is 2. The predicted molar refractivity (Wildman–Crippen MR) is 96.3 cm³/mol. The summed E-state index contributed by atoms with van der Waals surface area (Å²) in [6, 6.07) is 10.7. The molecule has 0 radical (unpaired) electrons. The van der Waals surface area contributed by atoms with Gasteiger partial charge in [-0.2, -0.15) is 0 Å². The molecule has 3 aromatic rings. The summed E-state index contributed by atoms with van der Waals surface area (Å²) in [5.41, 5.74) is 2.00. The predicted octanol–water partition coefficient (Wildman–Crippen LogP) is 1.72. The zero-order valence-corrected chi connectivity index (χ0v) is 14.3. The van der Waals surface area contributed by atoms with E-state index in [0.717, 1.165) is 16.6 Å². The minimum atomic E-state index is -0.312. The molecule has 1 aromatic carbocycles. The van der Waals surface area contributed by atoms with E-state index in [4.69, 9.17) is 0 Å². The average molecular weight is 349 g/mol. The van der Waals surface area contributed by atoms with Crippen LogP contribution in [0.25, 0.3) is 10.9 Å². The van der Waals surface area contributed by atoms with Crippen molar-refractivity contribution in [2.24, 2.45) is 7.05 Å². The molecule has 2 aromatic heterocycles. The minimum absolute atomic E-state index is 0.0227. The number of imidazole rings is 1. The Morgan fingerprint density at radius 3 is 2.92 bits per heavy atom. The first-order chi connectivity index (χ1) is 12.6. The Balaban J connectivity index is 1.58. The van der Waals surface area contributed by atoms with Crippen molar-refractivity contribution in [3.63, 3.8) is 0 Å². The van der Waals surface area contributed by atoms with Crippen molar-refractivity contribution in [1.82, 2.24) is 25.2 Å². The molecular formula is C19H19N5O2. The van der Waals surface area contributed by atoms with Crippen LogP contribution in [-0.2, 0) is 11.8 Å². The molecule has 0 aliphatic carbocycles. The van der Waals surface area contributed by atoms with Gasteiger partial charge in [0.05, 0.1) is 35.8 Å². The molecule has 2 amide bonds. The summed E-state index contributed by atoms with van der Waals surface area (Å²) < 4.78 is 1.85. The van der Waals surface area contributed by atoms with E-state index < -0.39 is 0 Å². The Morgan fingerprint density at radius 1 is 1.27 bits per heavy atom. The molecule has 2 atom stereocenters. The van der Waals surface area contributed by atoms with E-state index in [1.165, 1.54) is 0 Å². The van der Waals surface area contributed by atoms with Gasteiger partial charge >= 0.3 is 0 Å². The van der Waals surface area contributed by atoms with Gasteiger partial charge in [-0.3, -0.25) is 9.59 Å². The lowest BCUT2D eigenvalue weighted by Crippen LogP contribution is -2.50. The molecule has 1 aliphatic rings. The molecule has 0 unspecified atom stereocenters. The van der Waals surface area contributed by atoms with Crippen molar-refractivity contribution in [1.29, 1.82) is 0 Å². The van der Waals surface area contributed by atoms with Gasteiger partial charge in [0, 0.05) is 18.9 Å². The SMILES string of the molecule is Cn1cncc1[C@@H]1NC(=O)CC[C@H]1NC(=O)c1ccc2ccccc2n1. The number of aryl methyl sites for hydroxylation is 1. The van der Waals surface area contributed by atoms with Crippen molar-refractivity contribution in [2.75, 3.05) is 0 Å². The molecule has 132 valence electrons. The topological polar surface area (TPSA) is 88.9 Å². The number of nitrogens with zero attached hydrogens (tertiary/aromatic N) is 3. The highest BCUT2D eigenvalue weighted by Crippen LogP contribution is 2.24. The molecule has 0 bridgehead atoms. The second kappa shape index (κ2) is 6.59. The third-order valence-corrected chi connectivity index (χ3v) is 4.72. The maximum Gasteiger partial charge on any atom is 0.270 e. The molecular weight excluding hydrogens is 330 g/mol. The zero-order chi connectivity index (χ0) is 18.1. The van der Waals surface area contributed by atoms with Gasteiger partial charge in [-0.25, -0.2) is 9.97 Å². The smallest absolute Gasteiger partial charge is 0.270 e. The molecule has 7 heteroatoms. The van der Waals surface area contributed by atoms with E-state index in [1.54, 1.807) is 18.6 Å². The monoisotopic (exact) mass is 349 g/mol. The van der Waals surface area contributed by atoms with Gasteiger partial charge in [0.1, 0.15) is 5.69 Å². The van der Waals surface area contributed by atoms with Crippen molar-refractivity contribution in [2.45, 2.75) is 24.9 Å². The summed E-state index contributed by atoms with van der Waals surface area (Å²) in [4.78, 5) is 33.1. The molecule has 1 fully saturated rings. The lowest BCUT2D eigenvalue weighted by molar-refractivity contribution is -0.123. The zero-order valence-electron chi connectivity index (χ0n) is 14.3. The van der Waals surface area contributed by atoms with Gasteiger partial charge in [0.2, 0.25) is 5.91 Å². The lowest BCUT2D eigenvalue weighted by atomic mass is 9.95. The van der Waals surface area contributed by atoms with E-state index in [9.17, 15) is 9.59 Å². The molecule has 0 spiro atoms. The number of hydrogen-bond acceptors (Lipinski definition) is 4. The lowest BCUT2D eigenvalue weighted by Gasteiger charge is -2.32. The summed E-state index contributed by atoms with van der Waals surface area (Å²) in [5, 5.41) is 6.98. The number of rotatable bonds is 3. The third-order valence-electron chi connectivity index (χ3n) is 4.72. The first-order valence-corrected chi connectivity index (χ1v) is 8.54. The quantitative estimate of drug-likeness (QED) is 0.753. The van der Waals surface area contributed by atoms with Crippen LogP contribution in [0.15, 0.2) is 48.9 Å². The maximum absolute atomic E-state index is 12.7. The Kier molecular flexibility index (Phi) is 4.12. The molecule has 1 saturated heterocycles. The Bertz CT molecular complexity index is 981. The van der Waals surface area contributed by atoms with Gasteiger partial charge in [0.15, 0.2) is 0 Å². The third kappa shape index (κ3) is 3.03. The van der Waals surface area contributed by atoms with Gasteiger partial charge < -0.3 is 15.2 Å². The number of carbonyl (C=O) groups is 2. The van der Waals surface area contributed by atoms with Crippen LogP contribution >= 0.6 is 0 Å². The van der Waals surface area contributed by atoms with Crippen LogP contribution in [0.5, 0.6) is 0 Å². The van der Waals surface area contributed by atoms with Crippen LogP contribution in [0.4, 0.5) is 0 Å². The van der Waals surface area contributed by atoms with E-state index >= 15 is 0 Å². The summed E-state index contributed by atoms with van der Waals surface area (Å²) in [7, 11) is 1.87. The van der Waals surface area contributed by atoms with Gasteiger partial charge in [0.25, 0.3) is 5.91 Å². The summed E-state index contributed by atoms with van der Waals surface area (Å²) in [5.74, 6) is -0.269. The molecule has 26 heavy (non-hydrogen) atoms. The van der Waals surface area contributed by atoms with E-state index in [-0.39, 0.29) is 23.9 Å². The molecule has 3 heterocycles. The second-order valence-corrected chi connectivity index (χ2v) is 6.48. The number of piperidine rings is 1. The van der Waals surface area contributed by atoms with Gasteiger partial charge in [-0.05, 0) is 18.6 Å². The second-order valence-electron chi connectivity index (χ2n) is 6.48. The fourth-order valence-electron chi connectivity index (χ4n) is 3.34. The summed E-state index contributed by atoms with van der Waals surface area (Å²) in [6.45, 7) is 0. The summed E-state index contributed by atoms with van der Waals surface area (Å²) in [6.07, 6.45) is 4.34. The van der Waals surface area contributed by atoms with Gasteiger partial charge in [-0.15, -0.1) is 0 Å². The van der Waals surface area contributed by atoms with E-state index in [0.29, 0.717) is 18.5 Å². The number of carbonyl (C=O) groups excluding carboxylic acids is 2. The van der Waals surface area contributed by atoms with Crippen molar-refractivity contribution in [3.8, 4) is 0 Å². The first kappa shape index (κ1) is 16.3. The van der Waals surface area contributed by atoms with Crippen LogP contribution < -0.4 is 10.6 Å². The molecule has 2 N–H and O–H groups in total. The Hall–Kier alpha value is -3.22. The highest BCUT2D eigenvalue weighted by atomic mass is 16.2. The largest absolute Gasteiger partial charge is 0.346 e. The highest BCUT2D eigenvalue weighted by Gasteiger charge is 2.33. The molecule has 1 aliphatic heterocycles. The molecule has 4 rings (SSSR count). The number of aromatic nitrogens is 3. The maximum atomic E-state index is 12.7. The van der Waals surface area contributed by atoms with Crippen molar-refractivity contribution < 1.29 is 9.59 Å². The fraction of sp³-hybridized carbons (Fsp3) is 0.263. The number of nitrogens with one attached hydrogen (secondary N) is 2. The van der Waals surface area contributed by atoms with Crippen LogP contribution in [0.1, 0.15) is 35.1 Å². The van der Waals surface area contributed by atoms with E-state index in [2.05, 4.69) is 20.6 Å². The summed E-state index contributed by atoms with van der Waals surface area (Å²) >= 11 is 0. The highest BCUT2D eigenvalue weighted by molar-refractivity contribution is 5.95. The Labute approximate surface area is 150 Å². The van der Waals surface area contributed by atoms with Crippen LogP contribution in [-0.4, -0.2) is 32.4 Å². The number of amides is 2. The van der Waals surface area contributed by atoms with Crippen LogP contribution in [0.3, 0.4) is 0 Å². The number of pyridine rings is 1. The van der Waals surface area contributed by atoms with Crippen LogP contribution in [0, 0.1) is 0 Å². The van der Waals surface area contributed by atoms with Crippen LogP contribution in [0.2, 0.25) is 0 Å². The minimum Gasteiger partial charge on any atom is -0.346 e. The van der Waals surface area contributed by atoms with Gasteiger partial charge in [-0.1, -0.05) is 24.3 Å². The van der Waals surface area contributed by atoms with Crippen molar-refractivity contribution >= 4 is 22.7 Å². The molecule has 0 saturated carbocycles. The number of fused-ring (bicyclic) bond motifs is 1. The number of benzene rings is 1. The van der Waals surface area contributed by atoms with E-state index in [1.807, 2.05) is 41.9 Å². The first-order valence-electron chi connectivity index (χ1n) is 8.54. The molecule has 7 nitrogen and oxygen atoms in total. The van der Waals surface area contributed by atoms with Crippen molar-refractivity contribution in [3.05, 3.63) is 60.3 Å². The normalized spacial score (nSPS) is 20.0. The number of para-hydroxylation sites is 1. The average Bonchev–Trinajstić information content (AvgIpc) is 3.08. The fourth-order valence-corrected chi connectivity index (χ4v) is 3.34. The standard InChI is InChI=1S/C19H19N5O2/c1-24-11-20-10-16(24)18-14(8-9-17(25)23-18)22-19(26)15-7-6-12-4-2-3-5-13(12)21-15/h2-7,10-11,14,18H,8-9H2,1H3,(H,22,26)(H,23,25)/t14-,18-/m1/s1. The Morgan fingerprint density at radius 2 is 2.12 bits per heavy atom.